The van der Waals surface area contributed by atoms with Gasteiger partial charge < -0.3 is 0 Å². The summed E-state index contributed by atoms with van der Waals surface area (Å²) in [5.41, 5.74) is 13.5. The second-order valence-electron chi connectivity index (χ2n) is 10.3. The third-order valence-electron chi connectivity index (χ3n) is 8.16. The summed E-state index contributed by atoms with van der Waals surface area (Å²) >= 11 is 0. The van der Waals surface area contributed by atoms with Crippen LogP contribution in [-0.2, 0) is 5.41 Å². The van der Waals surface area contributed by atoms with Crippen molar-refractivity contribution in [2.24, 2.45) is 0 Å². The highest BCUT2D eigenvalue weighted by atomic mass is 14.5. The highest BCUT2D eigenvalue weighted by Gasteiger charge is 2.44. The first-order chi connectivity index (χ1) is 17.0. The van der Waals surface area contributed by atoms with E-state index in [0.29, 0.717) is 5.92 Å². The molecule has 1 aliphatic carbocycles. The molecule has 1 aliphatic rings. The van der Waals surface area contributed by atoms with Gasteiger partial charge in [0.1, 0.15) is 0 Å². The highest BCUT2D eigenvalue weighted by molar-refractivity contribution is 5.86. The minimum absolute atomic E-state index is 0.178. The third kappa shape index (κ3) is 3.86. The molecule has 0 heteroatoms. The molecule has 0 aromatic heterocycles. The number of fused-ring (bicyclic) bond motifs is 3. The summed E-state index contributed by atoms with van der Waals surface area (Å²) in [6, 6.07) is 32.3. The lowest BCUT2D eigenvalue weighted by Crippen LogP contribution is -2.28. The first kappa shape index (κ1) is 23.4. The van der Waals surface area contributed by atoms with Crippen LogP contribution in [0.4, 0.5) is 0 Å². The lowest BCUT2D eigenvalue weighted by molar-refractivity contribution is 0.576. The van der Waals surface area contributed by atoms with Gasteiger partial charge in [0, 0.05) is 5.41 Å². The predicted octanol–water partition coefficient (Wildman–Crippen LogP) is 9.76. The van der Waals surface area contributed by atoms with Crippen LogP contribution >= 0.6 is 0 Å². The van der Waals surface area contributed by atoms with Gasteiger partial charge in [0.25, 0.3) is 0 Å². The Morgan fingerprint density at radius 2 is 1.49 bits per heavy atom. The molecule has 0 radical (unpaired) electrons. The summed E-state index contributed by atoms with van der Waals surface area (Å²) in [4.78, 5) is 0. The van der Waals surface area contributed by atoms with E-state index in [1.54, 1.807) is 0 Å². The Kier molecular flexibility index (Phi) is 6.24. The molecular formula is C35H36. The van der Waals surface area contributed by atoms with Crippen molar-refractivity contribution in [3.8, 4) is 22.3 Å². The molecule has 2 atom stereocenters. The van der Waals surface area contributed by atoms with E-state index in [2.05, 4.69) is 125 Å². The van der Waals surface area contributed by atoms with E-state index in [9.17, 15) is 0 Å². The van der Waals surface area contributed by atoms with Gasteiger partial charge in [-0.3, -0.25) is 0 Å². The van der Waals surface area contributed by atoms with Crippen LogP contribution < -0.4 is 0 Å². The molecule has 0 bridgehead atoms. The van der Waals surface area contributed by atoms with E-state index in [-0.39, 0.29) is 5.41 Å². The Bertz CT molecular complexity index is 1370. The fourth-order valence-electron chi connectivity index (χ4n) is 6.00. The Morgan fingerprint density at radius 3 is 2.23 bits per heavy atom. The van der Waals surface area contributed by atoms with Crippen LogP contribution in [-0.4, -0.2) is 0 Å². The Labute approximate surface area is 211 Å². The van der Waals surface area contributed by atoms with Crippen molar-refractivity contribution in [3.63, 3.8) is 0 Å². The van der Waals surface area contributed by atoms with Gasteiger partial charge >= 0.3 is 0 Å². The molecule has 176 valence electrons. The van der Waals surface area contributed by atoms with Crippen molar-refractivity contribution in [1.82, 2.24) is 0 Å². The summed E-state index contributed by atoms with van der Waals surface area (Å²) in [7, 11) is 0. The number of rotatable bonds is 7. The maximum absolute atomic E-state index is 4.09. The minimum Gasteiger partial charge on any atom is -0.103 e. The zero-order chi connectivity index (χ0) is 24.6. The van der Waals surface area contributed by atoms with Crippen LogP contribution in [0.5, 0.6) is 0 Å². The first-order valence-electron chi connectivity index (χ1n) is 13.0. The standard InChI is InChI=1S/C35H36/c1-6-8-21-35(33-22-24(3)13-14-26(33)5)32-12-10-9-11-30(32)31-20-19-29(23-34(31)35)28-17-15-27(16-18-28)25(4)7-2/h6,9-20,22-23,25H,1,7-8,21H2,2-5H3. The fraction of sp³-hybridized carbons (Fsp3) is 0.257. The monoisotopic (exact) mass is 456 g/mol. The number of benzene rings is 4. The molecule has 2 unspecified atom stereocenters. The number of hydrogen-bond donors (Lipinski definition) is 0. The van der Waals surface area contributed by atoms with E-state index in [1.165, 1.54) is 55.6 Å². The smallest absolute Gasteiger partial charge is 0.0469 e. The first-order valence-corrected chi connectivity index (χ1v) is 13.0. The van der Waals surface area contributed by atoms with Gasteiger partial charge in [0.05, 0.1) is 0 Å². The average Bonchev–Trinajstić information content (AvgIpc) is 3.18. The third-order valence-corrected chi connectivity index (χ3v) is 8.16. The fourth-order valence-corrected chi connectivity index (χ4v) is 6.00. The van der Waals surface area contributed by atoms with E-state index >= 15 is 0 Å². The summed E-state index contributed by atoms with van der Waals surface area (Å²) in [6.45, 7) is 13.1. The van der Waals surface area contributed by atoms with E-state index in [4.69, 9.17) is 0 Å². The van der Waals surface area contributed by atoms with Gasteiger partial charge in [-0.25, -0.2) is 0 Å². The molecule has 0 heterocycles. The van der Waals surface area contributed by atoms with Gasteiger partial charge in [-0.1, -0.05) is 104 Å². The topological polar surface area (TPSA) is 0 Å². The lowest BCUT2D eigenvalue weighted by Gasteiger charge is -2.35. The van der Waals surface area contributed by atoms with Crippen LogP contribution in [0.15, 0.2) is 97.6 Å². The molecule has 0 saturated heterocycles. The Hall–Kier alpha value is -3.38. The molecule has 0 aliphatic heterocycles. The van der Waals surface area contributed by atoms with E-state index in [1.807, 2.05) is 0 Å². The predicted molar refractivity (Wildman–Crippen MR) is 151 cm³/mol. The van der Waals surface area contributed by atoms with Gasteiger partial charge in [-0.2, -0.15) is 0 Å². The lowest BCUT2D eigenvalue weighted by atomic mass is 9.67. The van der Waals surface area contributed by atoms with Gasteiger partial charge in [-0.15, -0.1) is 6.58 Å². The highest BCUT2D eigenvalue weighted by Crippen LogP contribution is 2.56. The van der Waals surface area contributed by atoms with Crippen molar-refractivity contribution in [2.75, 3.05) is 0 Å². The molecule has 4 aromatic rings. The summed E-state index contributed by atoms with van der Waals surface area (Å²) < 4.78 is 0. The molecule has 0 spiro atoms. The van der Waals surface area contributed by atoms with Gasteiger partial charge in [0.2, 0.25) is 0 Å². The van der Waals surface area contributed by atoms with Crippen LogP contribution in [0.2, 0.25) is 0 Å². The average molecular weight is 457 g/mol. The number of hydrogen-bond acceptors (Lipinski definition) is 0. The second kappa shape index (κ2) is 9.34. The van der Waals surface area contributed by atoms with Crippen molar-refractivity contribution in [3.05, 3.63) is 131 Å². The van der Waals surface area contributed by atoms with Gasteiger partial charge in [0.15, 0.2) is 0 Å². The van der Waals surface area contributed by atoms with Crippen LogP contribution in [0.25, 0.3) is 22.3 Å². The minimum atomic E-state index is -0.178. The number of aryl methyl sites for hydroxylation is 2. The normalized spacial score (nSPS) is 17.0. The summed E-state index contributed by atoms with van der Waals surface area (Å²) in [5.74, 6) is 0.592. The van der Waals surface area contributed by atoms with Crippen molar-refractivity contribution >= 4 is 0 Å². The van der Waals surface area contributed by atoms with Crippen molar-refractivity contribution in [1.29, 1.82) is 0 Å². The molecule has 0 fully saturated rings. The molecule has 0 saturated carbocycles. The zero-order valence-corrected chi connectivity index (χ0v) is 21.6. The van der Waals surface area contributed by atoms with Crippen LogP contribution in [0.1, 0.15) is 72.4 Å². The molecule has 0 nitrogen and oxygen atoms in total. The van der Waals surface area contributed by atoms with E-state index < -0.39 is 0 Å². The Morgan fingerprint density at radius 1 is 0.771 bits per heavy atom. The molecule has 0 amide bonds. The van der Waals surface area contributed by atoms with Gasteiger partial charge in [-0.05, 0) is 95.2 Å². The molecule has 4 aromatic carbocycles. The largest absolute Gasteiger partial charge is 0.103 e. The quantitative estimate of drug-likeness (QED) is 0.243. The summed E-state index contributed by atoms with van der Waals surface area (Å²) in [6.07, 6.45) is 5.22. The molecule has 35 heavy (non-hydrogen) atoms. The maximum Gasteiger partial charge on any atom is 0.0469 e. The summed E-state index contributed by atoms with van der Waals surface area (Å²) in [5, 5.41) is 0. The van der Waals surface area contributed by atoms with Crippen LogP contribution in [0, 0.1) is 13.8 Å². The number of allylic oxidation sites excluding steroid dienone is 1. The molecular weight excluding hydrogens is 420 g/mol. The Balaban J connectivity index is 1.75. The second-order valence-corrected chi connectivity index (χ2v) is 10.3. The molecule has 5 rings (SSSR count). The van der Waals surface area contributed by atoms with Crippen molar-refractivity contribution in [2.45, 2.75) is 58.3 Å². The van der Waals surface area contributed by atoms with E-state index in [0.717, 1.165) is 19.3 Å². The maximum atomic E-state index is 4.09. The van der Waals surface area contributed by atoms with Crippen molar-refractivity contribution < 1.29 is 0 Å². The SMILES string of the molecule is C=CCCC1(c2cc(C)ccc2C)c2ccccc2-c2ccc(-c3ccc(C(C)CC)cc3)cc21. The van der Waals surface area contributed by atoms with Crippen LogP contribution in [0.3, 0.4) is 0 Å². The molecule has 0 N–H and O–H groups in total. The zero-order valence-electron chi connectivity index (χ0n) is 21.6.